The third kappa shape index (κ3) is 1.23. The van der Waals surface area contributed by atoms with E-state index in [-0.39, 0.29) is 0 Å². The van der Waals surface area contributed by atoms with E-state index in [4.69, 9.17) is 5.73 Å². The standard InChI is InChI=1S/C14H14N2/c1-8-3-4-11-10(5-8)7-13(15)14-12(11)6-9(2)16-14/h3-5,7H,6,15H2,1-2H3. The summed E-state index contributed by atoms with van der Waals surface area (Å²) in [4.78, 5) is 4.52. The molecule has 0 unspecified atom stereocenters. The molecule has 0 fully saturated rings. The van der Waals surface area contributed by atoms with Gasteiger partial charge in [0.1, 0.15) is 0 Å². The molecular formula is C14H14N2. The highest BCUT2D eigenvalue weighted by Gasteiger charge is 2.17. The molecule has 1 aliphatic rings. The van der Waals surface area contributed by atoms with Crippen LogP contribution in [-0.4, -0.2) is 5.71 Å². The molecule has 0 amide bonds. The quantitative estimate of drug-likeness (QED) is 0.665. The predicted molar refractivity (Wildman–Crippen MR) is 69.6 cm³/mol. The molecule has 0 spiro atoms. The number of aryl methyl sites for hydroxylation is 1. The van der Waals surface area contributed by atoms with Gasteiger partial charge in [-0.25, -0.2) is 0 Å². The van der Waals surface area contributed by atoms with E-state index in [1.807, 2.05) is 6.07 Å². The van der Waals surface area contributed by atoms with Gasteiger partial charge < -0.3 is 5.73 Å². The summed E-state index contributed by atoms with van der Waals surface area (Å²) in [7, 11) is 0. The van der Waals surface area contributed by atoms with Crippen LogP contribution in [0.15, 0.2) is 29.3 Å². The van der Waals surface area contributed by atoms with Crippen molar-refractivity contribution in [2.75, 3.05) is 5.73 Å². The van der Waals surface area contributed by atoms with Crippen LogP contribution in [0.5, 0.6) is 0 Å². The number of hydrogen-bond acceptors (Lipinski definition) is 2. The Bertz CT molecular complexity index is 624. The molecule has 2 aromatic carbocycles. The van der Waals surface area contributed by atoms with Crippen LogP contribution in [0.4, 0.5) is 11.4 Å². The molecule has 0 saturated carbocycles. The molecule has 2 N–H and O–H groups in total. The van der Waals surface area contributed by atoms with Crippen molar-refractivity contribution in [3.05, 3.63) is 35.4 Å². The van der Waals surface area contributed by atoms with Crippen molar-refractivity contribution in [1.82, 2.24) is 0 Å². The zero-order chi connectivity index (χ0) is 11.3. The Labute approximate surface area is 94.8 Å². The number of benzene rings is 2. The average molecular weight is 210 g/mol. The summed E-state index contributed by atoms with van der Waals surface area (Å²) in [6.45, 7) is 4.16. The second kappa shape index (κ2) is 3.08. The maximum Gasteiger partial charge on any atom is 0.0900 e. The maximum atomic E-state index is 6.04. The fraction of sp³-hybridized carbons (Fsp3) is 0.214. The zero-order valence-corrected chi connectivity index (χ0v) is 9.54. The summed E-state index contributed by atoms with van der Waals surface area (Å²) in [6.07, 6.45) is 0.930. The van der Waals surface area contributed by atoms with Crippen molar-refractivity contribution in [3.63, 3.8) is 0 Å². The van der Waals surface area contributed by atoms with Gasteiger partial charge in [0.25, 0.3) is 0 Å². The van der Waals surface area contributed by atoms with Gasteiger partial charge in [-0.3, -0.25) is 4.99 Å². The highest BCUT2D eigenvalue weighted by Crippen LogP contribution is 2.38. The molecule has 0 bridgehead atoms. The predicted octanol–water partition coefficient (Wildman–Crippen LogP) is 3.38. The van der Waals surface area contributed by atoms with Crippen molar-refractivity contribution in [1.29, 1.82) is 0 Å². The zero-order valence-electron chi connectivity index (χ0n) is 9.54. The summed E-state index contributed by atoms with van der Waals surface area (Å²) in [5, 5.41) is 2.51. The topological polar surface area (TPSA) is 38.4 Å². The summed E-state index contributed by atoms with van der Waals surface area (Å²) in [5.74, 6) is 0. The fourth-order valence-electron chi connectivity index (χ4n) is 2.41. The van der Waals surface area contributed by atoms with E-state index in [0.29, 0.717) is 0 Å². The second-order valence-electron chi connectivity index (χ2n) is 4.54. The minimum absolute atomic E-state index is 0.796. The van der Waals surface area contributed by atoms with Gasteiger partial charge in [0.15, 0.2) is 0 Å². The van der Waals surface area contributed by atoms with E-state index < -0.39 is 0 Å². The van der Waals surface area contributed by atoms with E-state index in [1.165, 1.54) is 21.9 Å². The molecule has 16 heavy (non-hydrogen) atoms. The molecule has 3 rings (SSSR count). The smallest absolute Gasteiger partial charge is 0.0900 e. The molecule has 0 atom stereocenters. The van der Waals surface area contributed by atoms with E-state index in [1.54, 1.807) is 0 Å². The van der Waals surface area contributed by atoms with Crippen molar-refractivity contribution in [2.45, 2.75) is 20.3 Å². The molecule has 1 heterocycles. The molecule has 2 aromatic rings. The number of fused-ring (bicyclic) bond motifs is 3. The van der Waals surface area contributed by atoms with Gasteiger partial charge in [-0.1, -0.05) is 23.8 Å². The lowest BCUT2D eigenvalue weighted by Gasteiger charge is -2.08. The van der Waals surface area contributed by atoms with E-state index in [9.17, 15) is 0 Å². The molecule has 1 aliphatic heterocycles. The largest absolute Gasteiger partial charge is 0.397 e. The molecule has 0 radical (unpaired) electrons. The second-order valence-corrected chi connectivity index (χ2v) is 4.54. The third-order valence-corrected chi connectivity index (χ3v) is 3.14. The maximum absolute atomic E-state index is 6.04. The molecular weight excluding hydrogens is 196 g/mol. The summed E-state index contributed by atoms with van der Waals surface area (Å²) in [5.41, 5.74) is 11.5. The first-order valence-corrected chi connectivity index (χ1v) is 5.51. The van der Waals surface area contributed by atoms with Gasteiger partial charge >= 0.3 is 0 Å². The van der Waals surface area contributed by atoms with Gasteiger partial charge in [0, 0.05) is 12.1 Å². The van der Waals surface area contributed by atoms with Crippen LogP contribution < -0.4 is 5.73 Å². The first kappa shape index (κ1) is 9.40. The third-order valence-electron chi connectivity index (χ3n) is 3.14. The first-order valence-electron chi connectivity index (χ1n) is 5.51. The monoisotopic (exact) mass is 210 g/mol. The number of rotatable bonds is 0. The van der Waals surface area contributed by atoms with Gasteiger partial charge in [-0.05, 0) is 36.2 Å². The van der Waals surface area contributed by atoms with E-state index in [0.717, 1.165) is 23.5 Å². The van der Waals surface area contributed by atoms with Gasteiger partial charge in [-0.15, -0.1) is 0 Å². The Hall–Kier alpha value is -1.83. The van der Waals surface area contributed by atoms with Gasteiger partial charge in [0.05, 0.1) is 11.4 Å². The Kier molecular flexibility index (Phi) is 1.81. The van der Waals surface area contributed by atoms with Crippen LogP contribution in [0.2, 0.25) is 0 Å². The summed E-state index contributed by atoms with van der Waals surface area (Å²) in [6, 6.07) is 8.53. The van der Waals surface area contributed by atoms with Crippen LogP contribution in [0.3, 0.4) is 0 Å². The molecule has 2 nitrogen and oxygen atoms in total. The van der Waals surface area contributed by atoms with Gasteiger partial charge in [-0.2, -0.15) is 0 Å². The normalized spacial score (nSPS) is 14.0. The Morgan fingerprint density at radius 1 is 1.19 bits per heavy atom. The van der Waals surface area contributed by atoms with Crippen LogP contribution in [0.25, 0.3) is 10.8 Å². The highest BCUT2D eigenvalue weighted by atomic mass is 14.8. The minimum atomic E-state index is 0.796. The number of anilines is 1. The molecule has 0 aliphatic carbocycles. The fourth-order valence-corrected chi connectivity index (χ4v) is 2.41. The average Bonchev–Trinajstić information content (AvgIpc) is 2.60. The van der Waals surface area contributed by atoms with E-state index in [2.05, 4.69) is 37.0 Å². The van der Waals surface area contributed by atoms with Crippen molar-refractivity contribution in [3.8, 4) is 0 Å². The number of nitrogen functional groups attached to an aromatic ring is 1. The van der Waals surface area contributed by atoms with Crippen LogP contribution in [-0.2, 0) is 6.42 Å². The van der Waals surface area contributed by atoms with Crippen molar-refractivity contribution < 1.29 is 0 Å². The lowest BCUT2D eigenvalue weighted by molar-refractivity contribution is 1.41. The highest BCUT2D eigenvalue weighted by molar-refractivity contribution is 6.04. The van der Waals surface area contributed by atoms with Crippen LogP contribution in [0.1, 0.15) is 18.1 Å². The summed E-state index contributed by atoms with van der Waals surface area (Å²) >= 11 is 0. The molecule has 0 saturated heterocycles. The number of nitrogens with two attached hydrogens (primary N) is 1. The number of hydrogen-bond donors (Lipinski definition) is 1. The van der Waals surface area contributed by atoms with Crippen LogP contribution >= 0.6 is 0 Å². The number of nitrogens with zero attached hydrogens (tertiary/aromatic N) is 1. The van der Waals surface area contributed by atoms with Crippen molar-refractivity contribution in [2.24, 2.45) is 4.99 Å². The van der Waals surface area contributed by atoms with Crippen LogP contribution in [0, 0.1) is 6.92 Å². The Morgan fingerprint density at radius 2 is 2.00 bits per heavy atom. The Balaban J connectivity index is 2.40. The molecule has 2 heteroatoms. The number of aliphatic imine (C=N–C) groups is 1. The lowest BCUT2D eigenvalue weighted by Crippen LogP contribution is -1.92. The van der Waals surface area contributed by atoms with Crippen molar-refractivity contribution >= 4 is 27.9 Å². The Morgan fingerprint density at radius 3 is 2.81 bits per heavy atom. The summed E-state index contributed by atoms with van der Waals surface area (Å²) < 4.78 is 0. The van der Waals surface area contributed by atoms with Gasteiger partial charge in [0.2, 0.25) is 0 Å². The first-order chi connectivity index (χ1) is 7.65. The lowest BCUT2D eigenvalue weighted by atomic mass is 9.98. The minimum Gasteiger partial charge on any atom is -0.397 e. The van der Waals surface area contributed by atoms with E-state index >= 15 is 0 Å². The molecule has 0 aromatic heterocycles. The SMILES string of the molecule is CC1=Nc2c(N)cc3cc(C)ccc3c2C1. The molecule has 80 valence electrons.